The number of aliphatic hydroxyl groups is 1. The highest BCUT2D eigenvalue weighted by Gasteiger charge is 2.43. The Morgan fingerprint density at radius 2 is 1.79 bits per heavy atom. The molecule has 0 aromatic heterocycles. The van der Waals surface area contributed by atoms with Gasteiger partial charge in [0.15, 0.2) is 0 Å². The van der Waals surface area contributed by atoms with Crippen molar-refractivity contribution in [2.75, 3.05) is 12.1 Å². The van der Waals surface area contributed by atoms with Crippen molar-refractivity contribution in [2.24, 2.45) is 0 Å². The monoisotopic (exact) mass is 304 g/mol. The number of hydrazine groups is 1. The largest absolute Gasteiger partial charge is 0.493 e. The van der Waals surface area contributed by atoms with E-state index in [1.165, 1.54) is 5.01 Å². The highest BCUT2D eigenvalue weighted by atomic mass is 35.5. The molecule has 6 nitrogen and oxygen atoms in total. The third-order valence-electron chi connectivity index (χ3n) is 3.09. The van der Waals surface area contributed by atoms with Crippen LogP contribution >= 0.6 is 19.2 Å². The molecule has 1 aliphatic heterocycles. The summed E-state index contributed by atoms with van der Waals surface area (Å²) in [6.45, 7) is 1.61. The summed E-state index contributed by atoms with van der Waals surface area (Å²) in [5.74, 6) is -0.439. The van der Waals surface area contributed by atoms with Crippen molar-refractivity contribution in [1.29, 1.82) is 0 Å². The van der Waals surface area contributed by atoms with E-state index in [9.17, 15) is 19.5 Å². The van der Waals surface area contributed by atoms with Crippen molar-refractivity contribution in [3.05, 3.63) is 40.5 Å². The molecular weight excluding hydrogens is 291 g/mol. The summed E-state index contributed by atoms with van der Waals surface area (Å²) in [6.07, 6.45) is 0. The molecule has 1 aliphatic rings. The average molecular weight is 305 g/mol. The zero-order valence-corrected chi connectivity index (χ0v) is 12.0. The zero-order valence-electron chi connectivity index (χ0n) is 10.4. The first-order valence-electron chi connectivity index (χ1n) is 5.51. The SMILES string of the molecule is CC1C(P(=O)(O)O)=C(O)N(c2ccc(Cl)cc2)N1C. The number of aliphatic hydroxyl groups excluding tert-OH is 1. The van der Waals surface area contributed by atoms with Gasteiger partial charge < -0.3 is 14.9 Å². The summed E-state index contributed by atoms with van der Waals surface area (Å²) in [5.41, 5.74) is 0.569. The summed E-state index contributed by atoms with van der Waals surface area (Å²) in [7, 11) is -2.87. The Labute approximate surface area is 115 Å². The lowest BCUT2D eigenvalue weighted by atomic mass is 10.3. The van der Waals surface area contributed by atoms with Gasteiger partial charge in [0.2, 0.25) is 5.88 Å². The summed E-state index contributed by atoms with van der Waals surface area (Å²) >= 11 is 5.79. The van der Waals surface area contributed by atoms with Crippen LogP contribution in [0.15, 0.2) is 35.5 Å². The number of hydrogen-bond acceptors (Lipinski definition) is 4. The van der Waals surface area contributed by atoms with Crippen LogP contribution < -0.4 is 5.01 Å². The average Bonchev–Trinajstić information content (AvgIpc) is 2.51. The molecule has 0 saturated heterocycles. The molecule has 0 fully saturated rings. The van der Waals surface area contributed by atoms with Gasteiger partial charge in [0, 0.05) is 12.1 Å². The molecule has 1 aromatic rings. The van der Waals surface area contributed by atoms with E-state index >= 15 is 0 Å². The molecular formula is C11H14ClN2O4P. The molecule has 0 spiro atoms. The standard InChI is InChI=1S/C11H14ClN2O4P/c1-7-10(19(16,17)18)11(15)14(13(7)2)9-5-3-8(12)4-6-9/h3-7,15H,1-2H3,(H2,16,17,18). The fourth-order valence-electron chi connectivity index (χ4n) is 2.06. The first-order valence-corrected chi connectivity index (χ1v) is 7.50. The van der Waals surface area contributed by atoms with Gasteiger partial charge in [-0.25, -0.2) is 10.0 Å². The second kappa shape index (κ2) is 4.81. The van der Waals surface area contributed by atoms with Crippen LogP contribution in [0.1, 0.15) is 6.92 Å². The van der Waals surface area contributed by atoms with Crippen molar-refractivity contribution in [1.82, 2.24) is 5.01 Å². The Bertz CT molecular complexity index is 569. The minimum Gasteiger partial charge on any atom is -0.493 e. The number of likely N-dealkylation sites (N-methyl/N-ethyl adjacent to an activating group) is 1. The number of hydrogen-bond donors (Lipinski definition) is 3. The molecule has 104 valence electrons. The van der Waals surface area contributed by atoms with E-state index in [0.29, 0.717) is 10.7 Å². The maximum Gasteiger partial charge on any atom is 0.359 e. The molecule has 0 radical (unpaired) electrons. The molecule has 0 aliphatic carbocycles. The molecule has 1 heterocycles. The van der Waals surface area contributed by atoms with Crippen molar-refractivity contribution >= 4 is 24.9 Å². The Kier molecular flexibility index (Phi) is 3.64. The van der Waals surface area contributed by atoms with Crippen LogP contribution in [0, 0.1) is 0 Å². The van der Waals surface area contributed by atoms with Gasteiger partial charge in [0.1, 0.15) is 5.31 Å². The van der Waals surface area contributed by atoms with Crippen molar-refractivity contribution in [3.63, 3.8) is 0 Å². The fraction of sp³-hybridized carbons (Fsp3) is 0.273. The van der Waals surface area contributed by atoms with Crippen molar-refractivity contribution in [2.45, 2.75) is 13.0 Å². The normalized spacial score (nSPS) is 21.3. The number of halogens is 1. The Balaban J connectivity index is 2.50. The summed E-state index contributed by atoms with van der Waals surface area (Å²) in [5, 5.41) is 13.2. The van der Waals surface area contributed by atoms with E-state index in [1.54, 1.807) is 43.2 Å². The molecule has 8 heteroatoms. The fourth-order valence-corrected chi connectivity index (χ4v) is 3.19. The lowest BCUT2D eigenvalue weighted by Gasteiger charge is -2.29. The van der Waals surface area contributed by atoms with Gasteiger partial charge >= 0.3 is 7.60 Å². The summed E-state index contributed by atoms with van der Waals surface area (Å²) < 4.78 is 11.4. The number of benzene rings is 1. The van der Waals surface area contributed by atoms with Gasteiger partial charge in [-0.05, 0) is 31.2 Å². The molecule has 0 saturated carbocycles. The number of rotatable bonds is 2. The van der Waals surface area contributed by atoms with Crippen LogP contribution in [0.25, 0.3) is 0 Å². The molecule has 19 heavy (non-hydrogen) atoms. The van der Waals surface area contributed by atoms with E-state index in [0.717, 1.165) is 0 Å². The second-order valence-electron chi connectivity index (χ2n) is 4.29. The Morgan fingerprint density at radius 3 is 2.21 bits per heavy atom. The molecule has 3 N–H and O–H groups in total. The Morgan fingerprint density at radius 1 is 1.26 bits per heavy atom. The summed E-state index contributed by atoms with van der Waals surface area (Å²) in [4.78, 5) is 18.6. The van der Waals surface area contributed by atoms with Gasteiger partial charge in [-0.1, -0.05) is 11.6 Å². The first-order chi connectivity index (χ1) is 8.73. The smallest absolute Gasteiger partial charge is 0.359 e. The maximum atomic E-state index is 11.4. The van der Waals surface area contributed by atoms with Crippen LogP contribution in [0.4, 0.5) is 5.69 Å². The van der Waals surface area contributed by atoms with E-state index < -0.39 is 19.5 Å². The predicted octanol–water partition coefficient (Wildman–Crippen LogP) is 2.30. The molecule has 0 amide bonds. The van der Waals surface area contributed by atoms with E-state index in [4.69, 9.17) is 11.6 Å². The molecule has 1 atom stereocenters. The second-order valence-corrected chi connectivity index (χ2v) is 6.30. The van der Waals surface area contributed by atoms with Crippen molar-refractivity contribution in [3.8, 4) is 0 Å². The van der Waals surface area contributed by atoms with Crippen LogP contribution in [0.5, 0.6) is 0 Å². The maximum absolute atomic E-state index is 11.4. The van der Waals surface area contributed by atoms with Crippen LogP contribution in [0.3, 0.4) is 0 Å². The van der Waals surface area contributed by atoms with E-state index in [-0.39, 0.29) is 5.31 Å². The van der Waals surface area contributed by atoms with Crippen LogP contribution in [-0.4, -0.2) is 33.0 Å². The highest BCUT2D eigenvalue weighted by Crippen LogP contribution is 2.52. The Hall–Kier alpha value is -1.04. The van der Waals surface area contributed by atoms with Gasteiger partial charge in [-0.2, -0.15) is 0 Å². The number of anilines is 1. The first kappa shape index (κ1) is 14.4. The van der Waals surface area contributed by atoms with Gasteiger partial charge in [-0.15, -0.1) is 0 Å². The molecule has 0 bridgehead atoms. The lowest BCUT2D eigenvalue weighted by molar-refractivity contribution is 0.273. The van der Waals surface area contributed by atoms with Gasteiger partial charge in [0.05, 0.1) is 11.7 Å². The lowest BCUT2D eigenvalue weighted by Crippen LogP contribution is -2.38. The predicted molar refractivity (Wildman–Crippen MR) is 72.9 cm³/mol. The quantitative estimate of drug-likeness (QED) is 0.727. The van der Waals surface area contributed by atoms with Crippen LogP contribution in [-0.2, 0) is 4.57 Å². The third-order valence-corrected chi connectivity index (χ3v) is 4.54. The minimum absolute atomic E-state index is 0.287. The van der Waals surface area contributed by atoms with E-state index in [1.807, 2.05) is 0 Å². The van der Waals surface area contributed by atoms with E-state index in [2.05, 4.69) is 0 Å². The topological polar surface area (TPSA) is 84.2 Å². The van der Waals surface area contributed by atoms with Crippen molar-refractivity contribution < 1.29 is 19.5 Å². The molecule has 1 unspecified atom stereocenters. The third kappa shape index (κ3) is 2.50. The van der Waals surface area contributed by atoms with Gasteiger partial charge in [-0.3, -0.25) is 4.57 Å². The minimum atomic E-state index is -4.51. The zero-order chi connectivity index (χ0) is 14.4. The molecule has 1 aromatic carbocycles. The summed E-state index contributed by atoms with van der Waals surface area (Å²) in [6, 6.07) is 5.99. The number of nitrogens with zero attached hydrogens (tertiary/aromatic N) is 2. The van der Waals surface area contributed by atoms with Crippen LogP contribution in [0.2, 0.25) is 5.02 Å². The highest BCUT2D eigenvalue weighted by molar-refractivity contribution is 7.56. The van der Waals surface area contributed by atoms with Gasteiger partial charge in [0.25, 0.3) is 0 Å². The molecule has 2 rings (SSSR count).